The van der Waals surface area contributed by atoms with E-state index in [9.17, 15) is 0 Å². The number of pyridine rings is 1. The van der Waals surface area contributed by atoms with Crippen LogP contribution >= 0.6 is 0 Å². The average molecular weight is 234 g/mol. The highest BCUT2D eigenvalue weighted by Gasteiger charge is 2.28. The fourth-order valence-electron chi connectivity index (χ4n) is 1.59. The molecule has 1 aliphatic heterocycles. The second-order valence-electron chi connectivity index (χ2n) is 5.04. The molecule has 4 nitrogen and oxygen atoms in total. The molecule has 0 saturated carbocycles. The van der Waals surface area contributed by atoms with Crippen LogP contribution in [0.5, 0.6) is 5.88 Å². The monoisotopic (exact) mass is 234 g/mol. The van der Waals surface area contributed by atoms with Crippen molar-refractivity contribution >= 4 is 5.90 Å². The molecule has 1 aromatic heterocycles. The van der Waals surface area contributed by atoms with Crippen molar-refractivity contribution in [2.75, 3.05) is 6.61 Å². The fraction of sp³-hybridized carbons (Fsp3) is 0.538. The lowest BCUT2D eigenvalue weighted by molar-refractivity contribution is 0.230. The molecular formula is C13H18N2O2. The van der Waals surface area contributed by atoms with Crippen molar-refractivity contribution in [3.05, 3.63) is 23.9 Å². The smallest absolute Gasteiger partial charge is 0.226 e. The van der Waals surface area contributed by atoms with Crippen molar-refractivity contribution in [3.8, 4) is 5.88 Å². The highest BCUT2D eigenvalue weighted by molar-refractivity contribution is 5.97. The van der Waals surface area contributed by atoms with Crippen LogP contribution in [0, 0.1) is 0 Å². The molecule has 0 N–H and O–H groups in total. The first-order chi connectivity index (χ1) is 7.98. The molecule has 4 heteroatoms. The Balaban J connectivity index is 2.33. The van der Waals surface area contributed by atoms with E-state index >= 15 is 0 Å². The van der Waals surface area contributed by atoms with Crippen LogP contribution in [-0.4, -0.2) is 29.1 Å². The van der Waals surface area contributed by atoms with Crippen LogP contribution in [0.3, 0.4) is 0 Å². The highest BCUT2D eigenvalue weighted by atomic mass is 16.5. The largest absolute Gasteiger partial charge is 0.475 e. The summed E-state index contributed by atoms with van der Waals surface area (Å²) in [5.41, 5.74) is 0.659. The van der Waals surface area contributed by atoms with Crippen LogP contribution in [-0.2, 0) is 4.74 Å². The minimum absolute atomic E-state index is 0.0821. The number of hydrogen-bond acceptors (Lipinski definition) is 4. The Labute approximate surface area is 102 Å². The molecule has 0 fully saturated rings. The van der Waals surface area contributed by atoms with E-state index in [0.717, 1.165) is 5.56 Å². The predicted octanol–water partition coefficient (Wildman–Crippen LogP) is 2.42. The Kier molecular flexibility index (Phi) is 3.05. The van der Waals surface area contributed by atoms with Crippen LogP contribution in [0.4, 0.5) is 0 Å². The summed E-state index contributed by atoms with van der Waals surface area (Å²) < 4.78 is 11.3. The molecule has 1 aromatic rings. The summed E-state index contributed by atoms with van der Waals surface area (Å²) in [5, 5.41) is 0. The van der Waals surface area contributed by atoms with E-state index in [1.165, 1.54) is 0 Å². The van der Waals surface area contributed by atoms with E-state index in [-0.39, 0.29) is 11.6 Å². The van der Waals surface area contributed by atoms with Crippen molar-refractivity contribution in [3.63, 3.8) is 0 Å². The van der Waals surface area contributed by atoms with E-state index in [4.69, 9.17) is 9.47 Å². The molecule has 0 aromatic carbocycles. The zero-order valence-electron chi connectivity index (χ0n) is 10.7. The van der Waals surface area contributed by atoms with E-state index in [1.807, 2.05) is 39.8 Å². The summed E-state index contributed by atoms with van der Waals surface area (Å²) in [6.07, 6.45) is 1.79. The van der Waals surface area contributed by atoms with Crippen LogP contribution in [0.2, 0.25) is 0 Å². The van der Waals surface area contributed by atoms with Gasteiger partial charge in [-0.2, -0.15) is 0 Å². The van der Waals surface area contributed by atoms with Gasteiger partial charge in [0.15, 0.2) is 0 Å². The topological polar surface area (TPSA) is 43.7 Å². The van der Waals surface area contributed by atoms with Crippen molar-refractivity contribution in [2.24, 2.45) is 4.99 Å². The Morgan fingerprint density at radius 2 is 2.18 bits per heavy atom. The maximum Gasteiger partial charge on any atom is 0.226 e. The molecule has 0 unspecified atom stereocenters. The number of aromatic nitrogens is 1. The molecule has 0 atom stereocenters. The summed E-state index contributed by atoms with van der Waals surface area (Å²) in [7, 11) is 0. The lowest BCUT2D eigenvalue weighted by Crippen LogP contribution is -2.17. The molecule has 0 saturated heterocycles. The summed E-state index contributed by atoms with van der Waals surface area (Å²) in [5.74, 6) is 1.21. The van der Waals surface area contributed by atoms with E-state index in [0.29, 0.717) is 18.4 Å². The molecular weight excluding hydrogens is 216 g/mol. The number of aliphatic imine (C=N–C) groups is 1. The Morgan fingerprint density at radius 1 is 1.41 bits per heavy atom. The van der Waals surface area contributed by atoms with Gasteiger partial charge in [-0.3, -0.25) is 0 Å². The summed E-state index contributed by atoms with van der Waals surface area (Å²) in [6, 6.07) is 3.78. The van der Waals surface area contributed by atoms with Gasteiger partial charge >= 0.3 is 0 Å². The Hall–Kier alpha value is -1.58. The normalized spacial score (nSPS) is 17.8. The number of nitrogens with zero attached hydrogens (tertiary/aromatic N) is 2. The molecule has 2 rings (SSSR count). The van der Waals surface area contributed by atoms with Crippen LogP contribution in [0.15, 0.2) is 23.3 Å². The number of rotatable bonds is 3. The van der Waals surface area contributed by atoms with E-state index in [2.05, 4.69) is 9.98 Å². The van der Waals surface area contributed by atoms with Gasteiger partial charge in [0, 0.05) is 6.20 Å². The molecule has 1 aliphatic rings. The lowest BCUT2D eigenvalue weighted by atomic mass is 10.1. The summed E-state index contributed by atoms with van der Waals surface area (Å²) in [4.78, 5) is 8.76. The maximum absolute atomic E-state index is 5.65. The molecule has 0 amide bonds. The number of hydrogen-bond donors (Lipinski definition) is 0. The van der Waals surface area contributed by atoms with Gasteiger partial charge in [-0.15, -0.1) is 0 Å². The SMILES string of the molecule is CC(C)Oc1ncccc1C1=NC(C)(C)CO1. The Morgan fingerprint density at radius 3 is 2.76 bits per heavy atom. The Bertz CT molecular complexity index is 439. The van der Waals surface area contributed by atoms with Crippen molar-refractivity contribution in [1.29, 1.82) is 0 Å². The standard InChI is InChI=1S/C13H18N2O2/c1-9(2)17-11-10(6-5-7-14-11)12-15-13(3,4)8-16-12/h5-7,9H,8H2,1-4H3. The second kappa shape index (κ2) is 4.35. The quantitative estimate of drug-likeness (QED) is 0.806. The second-order valence-corrected chi connectivity index (χ2v) is 5.04. The lowest BCUT2D eigenvalue weighted by Gasteiger charge is -2.12. The van der Waals surface area contributed by atoms with E-state index in [1.54, 1.807) is 6.20 Å². The van der Waals surface area contributed by atoms with Gasteiger partial charge in [0.2, 0.25) is 11.8 Å². The third-order valence-corrected chi connectivity index (χ3v) is 2.32. The van der Waals surface area contributed by atoms with Gasteiger partial charge in [0.05, 0.1) is 17.2 Å². The van der Waals surface area contributed by atoms with Crippen LogP contribution in [0.1, 0.15) is 33.3 Å². The van der Waals surface area contributed by atoms with E-state index < -0.39 is 0 Å². The minimum atomic E-state index is -0.166. The van der Waals surface area contributed by atoms with Crippen molar-refractivity contribution < 1.29 is 9.47 Å². The summed E-state index contributed by atoms with van der Waals surface area (Å²) in [6.45, 7) is 8.62. The third-order valence-electron chi connectivity index (χ3n) is 2.32. The summed E-state index contributed by atoms with van der Waals surface area (Å²) >= 11 is 0. The molecule has 0 bridgehead atoms. The predicted molar refractivity (Wildman–Crippen MR) is 66.6 cm³/mol. The molecule has 0 aliphatic carbocycles. The molecule has 0 spiro atoms. The molecule has 0 radical (unpaired) electrons. The van der Waals surface area contributed by atoms with Crippen molar-refractivity contribution in [2.45, 2.75) is 39.3 Å². The number of ether oxygens (including phenoxy) is 2. The minimum Gasteiger partial charge on any atom is -0.475 e. The van der Waals surface area contributed by atoms with Gasteiger partial charge < -0.3 is 9.47 Å². The molecule has 17 heavy (non-hydrogen) atoms. The van der Waals surface area contributed by atoms with Gasteiger partial charge in [0.1, 0.15) is 6.61 Å². The van der Waals surface area contributed by atoms with Gasteiger partial charge in [-0.1, -0.05) is 0 Å². The van der Waals surface area contributed by atoms with Crippen LogP contribution < -0.4 is 4.74 Å². The fourth-order valence-corrected chi connectivity index (χ4v) is 1.59. The van der Waals surface area contributed by atoms with Gasteiger partial charge in [-0.25, -0.2) is 9.98 Å². The van der Waals surface area contributed by atoms with Gasteiger partial charge in [-0.05, 0) is 39.8 Å². The van der Waals surface area contributed by atoms with Crippen LogP contribution in [0.25, 0.3) is 0 Å². The van der Waals surface area contributed by atoms with Crippen molar-refractivity contribution in [1.82, 2.24) is 4.98 Å². The van der Waals surface area contributed by atoms with Gasteiger partial charge in [0.25, 0.3) is 0 Å². The zero-order valence-corrected chi connectivity index (χ0v) is 10.7. The first-order valence-corrected chi connectivity index (χ1v) is 5.83. The molecule has 2 heterocycles. The first kappa shape index (κ1) is 11.9. The maximum atomic E-state index is 5.65. The zero-order chi connectivity index (χ0) is 12.5. The molecule has 92 valence electrons. The highest BCUT2D eigenvalue weighted by Crippen LogP contribution is 2.25. The average Bonchev–Trinajstić information content (AvgIpc) is 2.59. The third kappa shape index (κ3) is 2.75. The first-order valence-electron chi connectivity index (χ1n) is 5.83.